The number of rotatable bonds is 5. The van der Waals surface area contributed by atoms with Gasteiger partial charge in [0.15, 0.2) is 5.13 Å². The van der Waals surface area contributed by atoms with Crippen LogP contribution in [0.25, 0.3) is 11.3 Å². The van der Waals surface area contributed by atoms with E-state index in [1.165, 1.54) is 35.8 Å². The van der Waals surface area contributed by atoms with Gasteiger partial charge in [-0.15, -0.1) is 23.1 Å². The Kier molecular flexibility index (Phi) is 4.81. The van der Waals surface area contributed by atoms with Gasteiger partial charge in [-0.25, -0.2) is 4.98 Å². The van der Waals surface area contributed by atoms with E-state index in [1.807, 2.05) is 29.6 Å². The molecule has 6 heteroatoms. The van der Waals surface area contributed by atoms with E-state index in [9.17, 15) is 4.79 Å². The average molecular weight is 294 g/mol. The number of carbonyl (C=O) groups excluding carboxylic acids is 1. The van der Waals surface area contributed by atoms with Crippen LogP contribution >= 0.6 is 23.1 Å². The number of nitrogens with two attached hydrogens (primary N) is 1. The molecule has 1 aromatic carbocycles. The molecule has 0 saturated heterocycles. The quantitative estimate of drug-likeness (QED) is 0.859. The molecule has 0 spiro atoms. The summed E-state index contributed by atoms with van der Waals surface area (Å²) in [6.45, 7) is 0. The third-order valence-electron chi connectivity index (χ3n) is 2.49. The fourth-order valence-corrected chi connectivity index (χ4v) is 2.89. The second-order valence-corrected chi connectivity index (χ2v) is 5.71. The highest BCUT2D eigenvalue weighted by Crippen LogP contribution is 2.24. The highest BCUT2D eigenvalue weighted by Gasteiger charge is 2.04. The van der Waals surface area contributed by atoms with Crippen LogP contribution in [0.5, 0.6) is 0 Å². The van der Waals surface area contributed by atoms with Crippen LogP contribution in [0.2, 0.25) is 0 Å². The first-order valence-electron chi connectivity index (χ1n) is 5.64. The molecule has 19 heavy (non-hydrogen) atoms. The van der Waals surface area contributed by atoms with E-state index in [2.05, 4.69) is 9.72 Å². The van der Waals surface area contributed by atoms with Crippen molar-refractivity contribution >= 4 is 34.2 Å². The van der Waals surface area contributed by atoms with Gasteiger partial charge in [-0.05, 0) is 5.56 Å². The molecule has 1 heterocycles. The Balaban J connectivity index is 1.93. The largest absolute Gasteiger partial charge is 0.468 e. The van der Waals surface area contributed by atoms with Crippen LogP contribution in [0.3, 0.4) is 0 Å². The maximum atomic E-state index is 11.0. The van der Waals surface area contributed by atoms with Crippen LogP contribution < -0.4 is 5.73 Å². The lowest BCUT2D eigenvalue weighted by Crippen LogP contribution is -2.03. The van der Waals surface area contributed by atoms with Crippen molar-refractivity contribution in [1.82, 2.24) is 4.98 Å². The van der Waals surface area contributed by atoms with E-state index >= 15 is 0 Å². The van der Waals surface area contributed by atoms with Gasteiger partial charge in [-0.2, -0.15) is 0 Å². The Morgan fingerprint density at radius 2 is 2.16 bits per heavy atom. The molecule has 1 aromatic heterocycles. The predicted octanol–water partition coefficient (Wildman–Crippen LogP) is 2.80. The Morgan fingerprint density at radius 1 is 1.42 bits per heavy atom. The molecule has 0 amide bonds. The van der Waals surface area contributed by atoms with Gasteiger partial charge >= 0.3 is 5.97 Å². The first-order chi connectivity index (χ1) is 9.19. The van der Waals surface area contributed by atoms with E-state index in [1.54, 1.807) is 0 Å². The molecule has 0 bridgehead atoms. The van der Waals surface area contributed by atoms with Crippen molar-refractivity contribution in [1.29, 1.82) is 0 Å². The Labute approximate surface area is 120 Å². The minimum atomic E-state index is -0.195. The van der Waals surface area contributed by atoms with Gasteiger partial charge in [0.05, 0.1) is 18.6 Å². The number of carbonyl (C=O) groups is 1. The van der Waals surface area contributed by atoms with Gasteiger partial charge in [0, 0.05) is 16.7 Å². The van der Waals surface area contributed by atoms with Crippen molar-refractivity contribution in [2.45, 2.75) is 5.75 Å². The summed E-state index contributed by atoms with van der Waals surface area (Å²) >= 11 is 2.97. The third kappa shape index (κ3) is 3.97. The van der Waals surface area contributed by atoms with Gasteiger partial charge in [-0.3, -0.25) is 4.79 Å². The van der Waals surface area contributed by atoms with Gasteiger partial charge in [0.25, 0.3) is 0 Å². The number of thioether (sulfide) groups is 1. The molecule has 2 N–H and O–H groups in total. The predicted molar refractivity (Wildman–Crippen MR) is 80.1 cm³/mol. The SMILES string of the molecule is COC(=O)CSCc1ccc(-c2csc(N)n2)cc1. The number of hydrogen-bond acceptors (Lipinski definition) is 6. The molecule has 2 aromatic rings. The van der Waals surface area contributed by atoms with Crippen LogP contribution in [0.4, 0.5) is 5.13 Å². The Bertz CT molecular complexity index is 552. The minimum Gasteiger partial charge on any atom is -0.468 e. The van der Waals surface area contributed by atoms with E-state index < -0.39 is 0 Å². The summed E-state index contributed by atoms with van der Waals surface area (Å²) in [5, 5.41) is 2.52. The lowest BCUT2D eigenvalue weighted by Gasteiger charge is -2.02. The van der Waals surface area contributed by atoms with Gasteiger partial charge in [0.1, 0.15) is 0 Å². The number of benzene rings is 1. The van der Waals surface area contributed by atoms with Gasteiger partial charge in [0.2, 0.25) is 0 Å². The second-order valence-electron chi connectivity index (χ2n) is 3.84. The summed E-state index contributed by atoms with van der Waals surface area (Å²) in [5.74, 6) is 0.967. The molecule has 100 valence electrons. The zero-order chi connectivity index (χ0) is 13.7. The van der Waals surface area contributed by atoms with E-state index in [4.69, 9.17) is 5.73 Å². The summed E-state index contributed by atoms with van der Waals surface area (Å²) in [6, 6.07) is 8.11. The summed E-state index contributed by atoms with van der Waals surface area (Å²) in [7, 11) is 1.40. The minimum absolute atomic E-state index is 0.195. The van der Waals surface area contributed by atoms with Crippen LogP contribution in [0.1, 0.15) is 5.56 Å². The first-order valence-corrected chi connectivity index (χ1v) is 7.67. The summed E-state index contributed by atoms with van der Waals surface area (Å²) < 4.78 is 4.59. The molecule has 0 atom stereocenters. The first kappa shape index (κ1) is 13.9. The van der Waals surface area contributed by atoms with Crippen LogP contribution in [-0.2, 0) is 15.3 Å². The highest BCUT2D eigenvalue weighted by atomic mass is 32.2. The molecule has 0 unspecified atom stereocenters. The van der Waals surface area contributed by atoms with Crippen molar-refractivity contribution < 1.29 is 9.53 Å². The molecule has 0 aliphatic rings. The Morgan fingerprint density at radius 3 is 2.74 bits per heavy atom. The van der Waals surface area contributed by atoms with Crippen molar-refractivity contribution in [2.24, 2.45) is 0 Å². The maximum Gasteiger partial charge on any atom is 0.315 e. The lowest BCUT2D eigenvalue weighted by atomic mass is 10.1. The number of methoxy groups -OCH3 is 1. The second kappa shape index (κ2) is 6.58. The number of aromatic nitrogens is 1. The number of anilines is 1. The molecular formula is C13H14N2O2S2. The molecule has 0 radical (unpaired) electrons. The highest BCUT2D eigenvalue weighted by molar-refractivity contribution is 7.99. The zero-order valence-electron chi connectivity index (χ0n) is 10.5. The van der Waals surface area contributed by atoms with Crippen molar-refractivity contribution in [3.05, 3.63) is 35.2 Å². The average Bonchev–Trinajstić information content (AvgIpc) is 2.86. The van der Waals surface area contributed by atoms with E-state index in [0.29, 0.717) is 10.9 Å². The molecule has 0 aliphatic heterocycles. The number of esters is 1. The van der Waals surface area contributed by atoms with Crippen molar-refractivity contribution in [2.75, 3.05) is 18.6 Å². The summed E-state index contributed by atoms with van der Waals surface area (Å²) in [6.07, 6.45) is 0. The molecule has 2 rings (SSSR count). The number of ether oxygens (including phenoxy) is 1. The van der Waals surface area contributed by atoms with E-state index in [-0.39, 0.29) is 5.97 Å². The molecule has 4 nitrogen and oxygen atoms in total. The summed E-state index contributed by atoms with van der Waals surface area (Å²) in [4.78, 5) is 15.2. The van der Waals surface area contributed by atoms with Gasteiger partial charge in [-0.1, -0.05) is 24.3 Å². The Hall–Kier alpha value is -1.53. The number of nitrogens with zero attached hydrogens (tertiary/aromatic N) is 1. The smallest absolute Gasteiger partial charge is 0.315 e. The van der Waals surface area contributed by atoms with Crippen LogP contribution in [-0.4, -0.2) is 23.8 Å². The summed E-state index contributed by atoms with van der Waals surface area (Å²) in [5.41, 5.74) is 8.73. The normalized spacial score (nSPS) is 10.4. The monoisotopic (exact) mass is 294 g/mol. The maximum absolute atomic E-state index is 11.0. The van der Waals surface area contributed by atoms with Crippen molar-refractivity contribution in [3.63, 3.8) is 0 Å². The molecule has 0 aliphatic carbocycles. The fraction of sp³-hybridized carbons (Fsp3) is 0.231. The number of hydrogen-bond donors (Lipinski definition) is 1. The topological polar surface area (TPSA) is 65.2 Å². The lowest BCUT2D eigenvalue weighted by molar-refractivity contribution is -0.137. The third-order valence-corrected chi connectivity index (χ3v) is 4.14. The molecular weight excluding hydrogens is 280 g/mol. The van der Waals surface area contributed by atoms with Crippen LogP contribution in [0.15, 0.2) is 29.6 Å². The van der Waals surface area contributed by atoms with Crippen molar-refractivity contribution in [3.8, 4) is 11.3 Å². The number of nitrogen functional groups attached to an aromatic ring is 1. The number of thiazole rings is 1. The molecule has 0 saturated carbocycles. The van der Waals surface area contributed by atoms with E-state index in [0.717, 1.165) is 17.0 Å². The molecule has 0 fully saturated rings. The standard InChI is InChI=1S/C13H14N2O2S2/c1-17-12(16)8-18-6-9-2-4-10(5-3-9)11-7-19-13(14)15-11/h2-5,7H,6,8H2,1H3,(H2,14,15). The van der Waals surface area contributed by atoms with Gasteiger partial charge < -0.3 is 10.5 Å². The van der Waals surface area contributed by atoms with Crippen LogP contribution in [0, 0.1) is 0 Å². The fourth-order valence-electron chi connectivity index (χ4n) is 1.50. The zero-order valence-corrected chi connectivity index (χ0v) is 12.1.